The molecule has 2 atom stereocenters. The molecule has 3 saturated carbocycles. The molecule has 184 valence electrons. The van der Waals surface area contributed by atoms with Gasteiger partial charge in [0.25, 0.3) is 0 Å². The molecule has 1 saturated heterocycles. The maximum absolute atomic E-state index is 15.8. The Morgan fingerprint density at radius 1 is 1.09 bits per heavy atom. The number of halogens is 2. The fourth-order valence-electron chi connectivity index (χ4n) is 7.67. The molecule has 4 aliphatic carbocycles. The van der Waals surface area contributed by atoms with Crippen molar-refractivity contribution in [3.05, 3.63) is 70.5 Å². The topological polar surface area (TPSA) is 15.7 Å². The fourth-order valence-corrected chi connectivity index (χ4v) is 7.67. The quantitative estimate of drug-likeness (QED) is 0.502. The number of nitrogens with zero attached hydrogens (tertiary/aromatic N) is 2. The number of benzene rings is 2. The molecule has 0 N–H and O–H groups in total. The van der Waals surface area contributed by atoms with Gasteiger partial charge in [-0.1, -0.05) is 30.3 Å². The van der Waals surface area contributed by atoms with Crippen LogP contribution in [-0.4, -0.2) is 54.3 Å². The molecule has 2 aliphatic heterocycles. The molecular weight excluding hydrogens is 442 g/mol. The Labute approximate surface area is 206 Å². The molecule has 2 aromatic rings. The second-order valence-electron chi connectivity index (χ2n) is 11.7. The number of rotatable bonds is 7. The van der Waals surface area contributed by atoms with E-state index in [1.54, 1.807) is 6.07 Å². The lowest BCUT2D eigenvalue weighted by Gasteiger charge is -2.70. The zero-order chi connectivity index (χ0) is 23.7. The minimum absolute atomic E-state index is 0.00447. The molecule has 6 aliphatic rings. The Balaban J connectivity index is 1.16. The summed E-state index contributed by atoms with van der Waals surface area (Å²) in [6.07, 6.45) is 5.79. The summed E-state index contributed by atoms with van der Waals surface area (Å²) in [4.78, 5) is 4.88. The van der Waals surface area contributed by atoms with Crippen molar-refractivity contribution in [3.8, 4) is 5.75 Å². The van der Waals surface area contributed by atoms with E-state index in [9.17, 15) is 4.39 Å². The summed E-state index contributed by atoms with van der Waals surface area (Å²) in [5.41, 5.74) is 6.66. The van der Waals surface area contributed by atoms with Gasteiger partial charge in [0, 0.05) is 48.8 Å². The van der Waals surface area contributed by atoms with Crippen LogP contribution in [0.25, 0.3) is 5.57 Å². The second kappa shape index (κ2) is 8.14. The molecule has 8 rings (SSSR count). The minimum atomic E-state index is -0.244. The Hall–Kier alpha value is -2.24. The van der Waals surface area contributed by atoms with Crippen molar-refractivity contribution in [2.24, 2.45) is 11.8 Å². The van der Waals surface area contributed by atoms with Gasteiger partial charge in [-0.2, -0.15) is 0 Å². The maximum atomic E-state index is 15.8. The first-order valence-corrected chi connectivity index (χ1v) is 13.3. The lowest BCUT2D eigenvalue weighted by molar-refractivity contribution is -0.173. The first kappa shape index (κ1) is 22.0. The predicted octanol–water partition coefficient (Wildman–Crippen LogP) is 5.80. The Morgan fingerprint density at radius 2 is 1.89 bits per heavy atom. The van der Waals surface area contributed by atoms with Crippen molar-refractivity contribution in [2.75, 3.05) is 32.9 Å². The molecule has 4 fully saturated rings. The molecule has 0 unspecified atom stereocenters. The van der Waals surface area contributed by atoms with Gasteiger partial charge in [0.2, 0.25) is 0 Å². The van der Waals surface area contributed by atoms with Crippen molar-refractivity contribution in [3.63, 3.8) is 0 Å². The molecule has 2 bridgehead atoms. The van der Waals surface area contributed by atoms with Crippen LogP contribution in [0, 0.1) is 17.7 Å². The monoisotopic (exact) mass is 476 g/mol. The van der Waals surface area contributed by atoms with Gasteiger partial charge in [0.15, 0.2) is 0 Å². The summed E-state index contributed by atoms with van der Waals surface area (Å²) in [5.74, 6) is 1.47. The van der Waals surface area contributed by atoms with Crippen molar-refractivity contribution < 1.29 is 13.5 Å². The lowest BCUT2D eigenvalue weighted by Crippen LogP contribution is -2.71. The molecule has 35 heavy (non-hydrogen) atoms. The summed E-state index contributed by atoms with van der Waals surface area (Å²) in [6.45, 7) is 4.95. The lowest BCUT2D eigenvalue weighted by atomic mass is 9.48. The molecule has 0 aromatic heterocycles. The van der Waals surface area contributed by atoms with E-state index in [0.29, 0.717) is 18.4 Å². The van der Waals surface area contributed by atoms with Gasteiger partial charge >= 0.3 is 0 Å². The summed E-state index contributed by atoms with van der Waals surface area (Å²) in [6, 6.07) is 14.6. The molecule has 2 aromatic carbocycles. The fraction of sp³-hybridized carbons (Fsp3) is 0.533. The number of alkyl halides is 1. The van der Waals surface area contributed by atoms with Crippen molar-refractivity contribution in [1.82, 2.24) is 9.80 Å². The number of ether oxygens (including phenoxy) is 1. The first-order chi connectivity index (χ1) is 17.0. The van der Waals surface area contributed by atoms with E-state index in [0.717, 1.165) is 44.0 Å². The van der Waals surface area contributed by atoms with Crippen LogP contribution in [0.15, 0.2) is 48.0 Å². The van der Waals surface area contributed by atoms with E-state index in [-0.39, 0.29) is 30.0 Å². The largest absolute Gasteiger partial charge is 0.492 e. The van der Waals surface area contributed by atoms with Gasteiger partial charge in [-0.05, 0) is 73.3 Å². The van der Waals surface area contributed by atoms with Gasteiger partial charge in [0.1, 0.15) is 18.2 Å². The van der Waals surface area contributed by atoms with Gasteiger partial charge in [-0.3, -0.25) is 14.2 Å². The number of likely N-dealkylation sites (tertiary alicyclic amines) is 1. The third kappa shape index (κ3) is 3.41. The zero-order valence-corrected chi connectivity index (χ0v) is 20.5. The number of fused-ring (bicyclic) bond motifs is 2. The second-order valence-corrected chi connectivity index (χ2v) is 11.7. The van der Waals surface area contributed by atoms with E-state index in [1.807, 2.05) is 12.1 Å². The Morgan fingerprint density at radius 3 is 2.60 bits per heavy atom. The highest BCUT2D eigenvalue weighted by molar-refractivity contribution is 5.79. The average molecular weight is 477 g/mol. The van der Waals surface area contributed by atoms with E-state index >= 15 is 4.39 Å². The van der Waals surface area contributed by atoms with Gasteiger partial charge in [0.05, 0.1) is 12.7 Å². The van der Waals surface area contributed by atoms with Gasteiger partial charge in [-0.25, -0.2) is 4.39 Å². The van der Waals surface area contributed by atoms with Gasteiger partial charge in [-0.15, -0.1) is 0 Å². The van der Waals surface area contributed by atoms with E-state index in [1.165, 1.54) is 41.5 Å². The Kier molecular flexibility index (Phi) is 5.12. The highest BCUT2D eigenvalue weighted by Crippen LogP contribution is 2.65. The summed E-state index contributed by atoms with van der Waals surface area (Å²) < 4.78 is 34.4. The summed E-state index contributed by atoms with van der Waals surface area (Å²) in [7, 11) is 0. The maximum Gasteiger partial charge on any atom is 0.132 e. The van der Waals surface area contributed by atoms with Crippen LogP contribution in [0.4, 0.5) is 8.78 Å². The molecule has 5 heteroatoms. The van der Waals surface area contributed by atoms with Crippen molar-refractivity contribution in [2.45, 2.75) is 56.7 Å². The highest BCUT2D eigenvalue weighted by atomic mass is 19.1. The normalized spacial score (nSPS) is 31.9. The van der Waals surface area contributed by atoms with Crippen LogP contribution < -0.4 is 4.74 Å². The molecule has 0 amide bonds. The Bertz CT molecular complexity index is 1170. The van der Waals surface area contributed by atoms with Crippen LogP contribution in [0.1, 0.15) is 55.3 Å². The number of hydrogen-bond donors (Lipinski definition) is 0. The van der Waals surface area contributed by atoms with Crippen LogP contribution in [-0.2, 0) is 6.42 Å². The molecular formula is C30H34F2N2O. The zero-order valence-electron chi connectivity index (χ0n) is 20.5. The van der Waals surface area contributed by atoms with Crippen LogP contribution >= 0.6 is 0 Å². The summed E-state index contributed by atoms with van der Waals surface area (Å²) in [5, 5.41) is 0. The van der Waals surface area contributed by atoms with E-state index in [4.69, 9.17) is 4.74 Å². The number of hydrogen-bond acceptors (Lipinski definition) is 3. The van der Waals surface area contributed by atoms with E-state index < -0.39 is 0 Å². The van der Waals surface area contributed by atoms with Crippen LogP contribution in [0.2, 0.25) is 0 Å². The van der Waals surface area contributed by atoms with Gasteiger partial charge < -0.3 is 4.74 Å². The molecule has 2 heterocycles. The third-order valence-electron chi connectivity index (χ3n) is 9.44. The minimum Gasteiger partial charge on any atom is -0.492 e. The smallest absolute Gasteiger partial charge is 0.132 e. The van der Waals surface area contributed by atoms with Crippen LogP contribution in [0.5, 0.6) is 5.75 Å². The predicted molar refractivity (Wildman–Crippen MR) is 134 cm³/mol. The summed E-state index contributed by atoms with van der Waals surface area (Å²) >= 11 is 0. The highest BCUT2D eigenvalue weighted by Gasteiger charge is 2.63. The average Bonchev–Trinajstić information content (AvgIpc) is 3.12. The third-order valence-corrected chi connectivity index (χ3v) is 9.44. The van der Waals surface area contributed by atoms with Crippen molar-refractivity contribution in [1.29, 1.82) is 0 Å². The molecule has 0 spiro atoms. The SMILES string of the molecule is C[C@@H]1CC2=C(Cc3ccccc32)[C@@H](c2ccc(OCCN3CC(CF)C3)cc2F)N1C12CC(C1)C2. The standard InChI is InChI=1S/C30H34F2N2O/c1-19-10-26-24-5-3-2-4-22(24)11-27(26)29(34(19)30-13-20(14-30)15-30)25-7-6-23(12-28(25)32)35-9-8-33-17-21(16-31)18-33/h2-7,12,19-21,29H,8-11,13-18H2,1H3/t19-,20?,29-,30?/m1/s1. The van der Waals surface area contributed by atoms with Crippen molar-refractivity contribution >= 4 is 5.57 Å². The molecule has 0 radical (unpaired) electrons. The van der Waals surface area contributed by atoms with E-state index in [2.05, 4.69) is 41.0 Å². The first-order valence-electron chi connectivity index (χ1n) is 13.3. The van der Waals surface area contributed by atoms with Crippen LogP contribution in [0.3, 0.4) is 0 Å². The molecule has 3 nitrogen and oxygen atoms in total.